The molecule has 2 rings (SSSR count). The van der Waals surface area contributed by atoms with E-state index < -0.39 is 23.0 Å². The fraction of sp³-hybridized carbons (Fsp3) is 0.429. The van der Waals surface area contributed by atoms with Gasteiger partial charge in [-0.25, -0.2) is 0 Å². The normalized spacial score (nSPS) is 14.6. The molecule has 0 atom stereocenters. The molecule has 0 unspecified atom stereocenters. The fourth-order valence-electron chi connectivity index (χ4n) is 2.13. The molecule has 22 heavy (non-hydrogen) atoms. The van der Waals surface area contributed by atoms with Gasteiger partial charge in [-0.05, 0) is 18.9 Å². The molecule has 6 nitrogen and oxygen atoms in total. The minimum absolute atomic E-state index is 0.449. The van der Waals surface area contributed by atoms with Gasteiger partial charge in [0.2, 0.25) is 5.75 Å². The molecule has 1 aliphatic rings. The van der Waals surface area contributed by atoms with Gasteiger partial charge in [0.1, 0.15) is 0 Å². The molecule has 0 aliphatic carbocycles. The lowest BCUT2D eigenvalue weighted by atomic mass is 10.1. The Balaban J connectivity index is 1.98. The highest BCUT2D eigenvalue weighted by molar-refractivity contribution is 5.58. The summed E-state index contributed by atoms with van der Waals surface area (Å²) in [6, 6.07) is 3.82. The van der Waals surface area contributed by atoms with Crippen LogP contribution in [0.1, 0.15) is 12.8 Å². The van der Waals surface area contributed by atoms with Gasteiger partial charge in [-0.3, -0.25) is 10.1 Å². The fourth-order valence-corrected chi connectivity index (χ4v) is 2.13. The zero-order valence-corrected chi connectivity index (χ0v) is 11.8. The number of nitrogens with one attached hydrogen (secondary N) is 1. The van der Waals surface area contributed by atoms with Crippen molar-refractivity contribution in [2.24, 2.45) is 0 Å². The summed E-state index contributed by atoms with van der Waals surface area (Å²) in [6.07, 6.45) is 3.69. The zero-order valence-electron chi connectivity index (χ0n) is 11.8. The molecule has 1 N–H and O–H groups in total. The maximum Gasteiger partial charge on any atom is 0.387 e. The van der Waals surface area contributed by atoms with E-state index in [1.807, 2.05) is 6.08 Å². The number of hydrogen-bond acceptors (Lipinski definition) is 5. The van der Waals surface area contributed by atoms with Crippen LogP contribution in [0.25, 0.3) is 0 Å². The molecule has 1 aliphatic heterocycles. The van der Waals surface area contributed by atoms with Crippen molar-refractivity contribution in [2.45, 2.75) is 19.5 Å². The number of hydrogen-bond donors (Lipinski definition) is 1. The van der Waals surface area contributed by atoms with Crippen molar-refractivity contribution >= 4 is 11.4 Å². The molecular formula is C14H16F2N2O4. The first-order chi connectivity index (χ1) is 10.6. The van der Waals surface area contributed by atoms with Crippen LogP contribution in [0.5, 0.6) is 5.75 Å². The molecule has 0 bridgehead atoms. The van der Waals surface area contributed by atoms with E-state index in [2.05, 4.69) is 10.1 Å². The Bertz CT molecular complexity index is 564. The number of benzene rings is 1. The number of alkyl halides is 2. The molecule has 120 valence electrons. The molecule has 1 aromatic rings. The predicted molar refractivity (Wildman–Crippen MR) is 76.4 cm³/mol. The second kappa shape index (κ2) is 7.69. The summed E-state index contributed by atoms with van der Waals surface area (Å²) in [6.45, 7) is -1.20. The topological polar surface area (TPSA) is 73.6 Å². The Labute approximate surface area is 125 Å². The lowest BCUT2D eigenvalue weighted by Gasteiger charge is -2.14. The maximum absolute atomic E-state index is 12.3. The van der Waals surface area contributed by atoms with Crippen LogP contribution in [-0.2, 0) is 4.74 Å². The van der Waals surface area contributed by atoms with Gasteiger partial charge in [0.05, 0.1) is 18.1 Å². The van der Waals surface area contributed by atoms with E-state index in [1.54, 1.807) is 0 Å². The molecule has 8 heteroatoms. The van der Waals surface area contributed by atoms with Crippen LogP contribution in [0, 0.1) is 10.1 Å². The quantitative estimate of drug-likeness (QED) is 0.474. The predicted octanol–water partition coefficient (Wildman–Crippen LogP) is 3.34. The highest BCUT2D eigenvalue weighted by Crippen LogP contribution is 2.31. The molecule has 0 spiro atoms. The maximum atomic E-state index is 12.3. The van der Waals surface area contributed by atoms with Crippen LogP contribution in [0.2, 0.25) is 0 Å². The summed E-state index contributed by atoms with van der Waals surface area (Å²) < 4.78 is 34.0. The number of rotatable bonds is 7. The largest absolute Gasteiger partial charge is 0.427 e. The van der Waals surface area contributed by atoms with E-state index in [9.17, 15) is 18.9 Å². The molecule has 0 saturated heterocycles. The van der Waals surface area contributed by atoms with Crippen LogP contribution < -0.4 is 10.1 Å². The number of nitrogens with zero attached hydrogens (tertiary/aromatic N) is 1. The van der Waals surface area contributed by atoms with Gasteiger partial charge < -0.3 is 14.8 Å². The average Bonchev–Trinajstić information content (AvgIpc) is 2.47. The minimum Gasteiger partial charge on any atom is -0.427 e. The third kappa shape index (κ3) is 4.66. The first-order valence-electron chi connectivity index (χ1n) is 6.79. The Hall–Kier alpha value is -2.22. The van der Waals surface area contributed by atoms with E-state index in [1.165, 1.54) is 17.7 Å². The molecule has 1 aromatic carbocycles. The molecule has 0 fully saturated rings. The SMILES string of the molecule is O=[N+]([O-])c1ccc(NCCC2=CCOCC2)cc1OC(F)F. The van der Waals surface area contributed by atoms with Gasteiger partial charge in [0.25, 0.3) is 0 Å². The van der Waals surface area contributed by atoms with Gasteiger partial charge in [-0.2, -0.15) is 8.78 Å². The van der Waals surface area contributed by atoms with E-state index in [0.29, 0.717) is 25.4 Å². The Morgan fingerprint density at radius 2 is 2.27 bits per heavy atom. The first-order valence-corrected chi connectivity index (χ1v) is 6.79. The molecule has 0 aromatic heterocycles. The van der Waals surface area contributed by atoms with Gasteiger partial charge in [-0.1, -0.05) is 11.6 Å². The molecule has 0 amide bonds. The average molecular weight is 314 g/mol. The number of halogens is 2. The highest BCUT2D eigenvalue weighted by Gasteiger charge is 2.19. The van der Waals surface area contributed by atoms with Crippen LogP contribution >= 0.6 is 0 Å². The van der Waals surface area contributed by atoms with E-state index >= 15 is 0 Å². The third-order valence-corrected chi connectivity index (χ3v) is 3.21. The Morgan fingerprint density at radius 1 is 1.45 bits per heavy atom. The van der Waals surface area contributed by atoms with Crippen LogP contribution in [0.15, 0.2) is 29.8 Å². The zero-order chi connectivity index (χ0) is 15.9. The summed E-state index contributed by atoms with van der Waals surface area (Å²) in [7, 11) is 0. The number of nitro groups is 1. The van der Waals surface area contributed by atoms with Crippen molar-refractivity contribution in [3.63, 3.8) is 0 Å². The first kappa shape index (κ1) is 16.2. The van der Waals surface area contributed by atoms with E-state index in [4.69, 9.17) is 4.74 Å². The number of nitro benzene ring substituents is 1. The summed E-state index contributed by atoms with van der Waals surface area (Å²) in [5, 5.41) is 13.8. The molecular weight excluding hydrogens is 298 g/mol. The van der Waals surface area contributed by atoms with Crippen LogP contribution in [0.3, 0.4) is 0 Å². The van der Waals surface area contributed by atoms with Gasteiger partial charge in [0, 0.05) is 24.4 Å². The van der Waals surface area contributed by atoms with Crippen molar-refractivity contribution in [3.05, 3.63) is 40.0 Å². The van der Waals surface area contributed by atoms with Crippen LogP contribution in [0.4, 0.5) is 20.2 Å². The Kier molecular flexibility index (Phi) is 5.65. The summed E-state index contributed by atoms with van der Waals surface area (Å²) in [5.74, 6) is -0.449. The lowest BCUT2D eigenvalue weighted by molar-refractivity contribution is -0.386. The van der Waals surface area contributed by atoms with Gasteiger partial charge in [-0.15, -0.1) is 0 Å². The van der Waals surface area contributed by atoms with E-state index in [-0.39, 0.29) is 0 Å². The van der Waals surface area contributed by atoms with Gasteiger partial charge >= 0.3 is 12.3 Å². The van der Waals surface area contributed by atoms with E-state index in [0.717, 1.165) is 18.9 Å². The molecule has 0 radical (unpaired) electrons. The van der Waals surface area contributed by atoms with Crippen molar-refractivity contribution in [3.8, 4) is 5.75 Å². The smallest absolute Gasteiger partial charge is 0.387 e. The minimum atomic E-state index is -3.11. The summed E-state index contributed by atoms with van der Waals surface area (Å²) >= 11 is 0. The summed E-state index contributed by atoms with van der Waals surface area (Å²) in [5.41, 5.74) is 1.27. The number of anilines is 1. The molecule has 1 heterocycles. The second-order valence-corrected chi connectivity index (χ2v) is 4.68. The summed E-state index contributed by atoms with van der Waals surface area (Å²) in [4.78, 5) is 10.0. The second-order valence-electron chi connectivity index (χ2n) is 4.68. The molecule has 0 saturated carbocycles. The van der Waals surface area contributed by atoms with Crippen molar-refractivity contribution in [2.75, 3.05) is 25.1 Å². The van der Waals surface area contributed by atoms with Crippen molar-refractivity contribution < 1.29 is 23.2 Å². The standard InChI is InChI=1S/C14H16F2N2O4/c15-14(16)22-13-9-11(1-2-12(13)18(19)20)17-6-3-10-4-7-21-8-5-10/h1-2,4,9,14,17H,3,5-8H2. The van der Waals surface area contributed by atoms with Crippen molar-refractivity contribution in [1.82, 2.24) is 0 Å². The lowest BCUT2D eigenvalue weighted by Crippen LogP contribution is -2.09. The number of ether oxygens (including phenoxy) is 2. The monoisotopic (exact) mass is 314 g/mol. The Morgan fingerprint density at radius 3 is 2.91 bits per heavy atom. The van der Waals surface area contributed by atoms with Crippen LogP contribution in [-0.4, -0.2) is 31.3 Å². The highest BCUT2D eigenvalue weighted by atomic mass is 19.3. The van der Waals surface area contributed by atoms with Gasteiger partial charge in [0.15, 0.2) is 0 Å². The third-order valence-electron chi connectivity index (χ3n) is 3.21. The van der Waals surface area contributed by atoms with Crippen molar-refractivity contribution in [1.29, 1.82) is 0 Å².